The number of nitrogen functional groups attached to an aromatic ring is 1. The maximum absolute atomic E-state index is 10.9. The molecule has 0 unspecified atom stereocenters. The fourth-order valence-corrected chi connectivity index (χ4v) is 3.11. The second kappa shape index (κ2) is 5.16. The van der Waals surface area contributed by atoms with Crippen molar-refractivity contribution in [1.82, 2.24) is 0 Å². The van der Waals surface area contributed by atoms with E-state index in [1.807, 2.05) is 32.0 Å². The van der Waals surface area contributed by atoms with Crippen LogP contribution in [0.15, 0.2) is 17.0 Å². The van der Waals surface area contributed by atoms with E-state index in [0.717, 1.165) is 11.3 Å². The molecule has 1 rings (SSSR count). The molecule has 5 nitrogen and oxygen atoms in total. The highest BCUT2D eigenvalue weighted by Crippen LogP contribution is 2.35. The molecule has 0 amide bonds. The molecule has 0 radical (unpaired) electrons. The quantitative estimate of drug-likeness (QED) is 0.495. The standard InChI is InChI=1S/C10H16N2O3S2/c1-4-7-5-8(12(2)3)6-9(10(7)11)16-17(13,14)15/h5-6H,4,11H2,1-3H3,(H,13,14,15). The van der Waals surface area contributed by atoms with E-state index in [2.05, 4.69) is 0 Å². The predicted octanol–water partition coefficient (Wildman–Crippen LogP) is 1.79. The molecule has 0 fully saturated rings. The number of rotatable bonds is 4. The Morgan fingerprint density at radius 3 is 2.41 bits per heavy atom. The van der Waals surface area contributed by atoms with Gasteiger partial charge in [0.15, 0.2) is 0 Å². The van der Waals surface area contributed by atoms with Gasteiger partial charge < -0.3 is 10.6 Å². The Bertz CT molecular complexity index is 513. The van der Waals surface area contributed by atoms with Crippen molar-refractivity contribution in [2.45, 2.75) is 18.2 Å². The van der Waals surface area contributed by atoms with Gasteiger partial charge in [0.1, 0.15) is 0 Å². The van der Waals surface area contributed by atoms with E-state index in [9.17, 15) is 8.42 Å². The number of nitrogens with zero attached hydrogens (tertiary/aromatic N) is 1. The van der Waals surface area contributed by atoms with E-state index >= 15 is 0 Å². The highest BCUT2D eigenvalue weighted by Gasteiger charge is 2.15. The van der Waals surface area contributed by atoms with Gasteiger partial charge in [-0.25, -0.2) is 0 Å². The van der Waals surface area contributed by atoms with E-state index in [4.69, 9.17) is 10.3 Å². The van der Waals surface area contributed by atoms with Crippen LogP contribution in [0.3, 0.4) is 0 Å². The summed E-state index contributed by atoms with van der Waals surface area (Å²) in [4.78, 5) is 2.21. The van der Waals surface area contributed by atoms with Gasteiger partial charge in [-0.3, -0.25) is 4.55 Å². The van der Waals surface area contributed by atoms with Crippen LogP contribution in [0.5, 0.6) is 0 Å². The Balaban J connectivity index is 3.32. The zero-order valence-corrected chi connectivity index (χ0v) is 11.6. The molecule has 0 spiro atoms. The zero-order chi connectivity index (χ0) is 13.2. The number of hydrogen-bond donors (Lipinski definition) is 2. The third-order valence-electron chi connectivity index (χ3n) is 2.30. The molecule has 0 saturated carbocycles. The summed E-state index contributed by atoms with van der Waals surface area (Å²) >= 11 is 0. The summed E-state index contributed by atoms with van der Waals surface area (Å²) in [6.07, 6.45) is 0.701. The van der Waals surface area contributed by atoms with Gasteiger partial charge in [-0.05, 0) is 24.1 Å². The first kappa shape index (κ1) is 14.1. The van der Waals surface area contributed by atoms with Crippen LogP contribution in [-0.2, 0) is 15.6 Å². The monoisotopic (exact) mass is 276 g/mol. The van der Waals surface area contributed by atoms with E-state index in [-0.39, 0.29) is 0 Å². The van der Waals surface area contributed by atoms with Crippen molar-refractivity contribution in [2.75, 3.05) is 24.7 Å². The lowest BCUT2D eigenvalue weighted by molar-refractivity contribution is 0.503. The van der Waals surface area contributed by atoms with Crippen LogP contribution in [0.25, 0.3) is 0 Å². The van der Waals surface area contributed by atoms with E-state index in [0.29, 0.717) is 27.8 Å². The minimum atomic E-state index is -4.15. The maximum Gasteiger partial charge on any atom is 0.324 e. The summed E-state index contributed by atoms with van der Waals surface area (Å²) < 4.78 is 30.6. The molecule has 7 heteroatoms. The largest absolute Gasteiger partial charge is 0.398 e. The second-order valence-electron chi connectivity index (χ2n) is 3.78. The number of nitrogens with two attached hydrogens (primary N) is 1. The molecule has 0 aliphatic carbocycles. The molecular formula is C10H16N2O3S2. The Hall–Kier alpha value is -0.920. The Morgan fingerprint density at radius 1 is 1.41 bits per heavy atom. The first-order valence-electron chi connectivity index (χ1n) is 5.01. The number of anilines is 2. The Kier molecular flexibility index (Phi) is 4.29. The van der Waals surface area contributed by atoms with Crippen LogP contribution in [-0.4, -0.2) is 27.1 Å². The Morgan fingerprint density at radius 2 is 2.00 bits per heavy atom. The van der Waals surface area contributed by atoms with Crippen molar-refractivity contribution in [2.24, 2.45) is 0 Å². The lowest BCUT2D eigenvalue weighted by Gasteiger charge is -2.17. The van der Waals surface area contributed by atoms with Gasteiger partial charge in [0, 0.05) is 36.3 Å². The molecule has 1 aromatic carbocycles. The normalized spacial score (nSPS) is 11.5. The average Bonchev–Trinajstić information content (AvgIpc) is 2.18. The lowest BCUT2D eigenvalue weighted by atomic mass is 10.1. The predicted molar refractivity (Wildman–Crippen MR) is 72.0 cm³/mol. The van der Waals surface area contributed by atoms with E-state index in [1.165, 1.54) is 0 Å². The first-order chi connectivity index (χ1) is 7.74. The van der Waals surface area contributed by atoms with Crippen LogP contribution < -0.4 is 10.6 Å². The highest BCUT2D eigenvalue weighted by molar-refractivity contribution is 8.70. The SMILES string of the molecule is CCc1cc(N(C)C)cc(SS(=O)(=O)O)c1N. The van der Waals surface area contributed by atoms with Crippen molar-refractivity contribution < 1.29 is 13.0 Å². The molecule has 3 N–H and O–H groups in total. The van der Waals surface area contributed by atoms with E-state index in [1.54, 1.807) is 6.07 Å². The number of hydrogen-bond acceptors (Lipinski definition) is 5. The fraction of sp³-hybridized carbons (Fsp3) is 0.400. The van der Waals surface area contributed by atoms with Crippen LogP contribution in [0.2, 0.25) is 0 Å². The summed E-state index contributed by atoms with van der Waals surface area (Å²) in [6.45, 7) is 1.94. The van der Waals surface area contributed by atoms with Gasteiger partial charge in [-0.15, -0.1) is 0 Å². The van der Waals surface area contributed by atoms with Gasteiger partial charge in [-0.1, -0.05) is 6.92 Å². The minimum absolute atomic E-state index is 0.357. The van der Waals surface area contributed by atoms with Gasteiger partial charge in [0.05, 0.1) is 4.90 Å². The smallest absolute Gasteiger partial charge is 0.324 e. The third-order valence-corrected chi connectivity index (χ3v) is 4.20. The fourth-order valence-electron chi connectivity index (χ4n) is 1.40. The molecule has 0 aliphatic rings. The van der Waals surface area contributed by atoms with Crippen LogP contribution in [0.1, 0.15) is 12.5 Å². The first-order valence-corrected chi connectivity index (χ1v) is 7.78. The molecule has 96 valence electrons. The maximum atomic E-state index is 10.9. The molecule has 17 heavy (non-hydrogen) atoms. The average molecular weight is 276 g/mol. The summed E-state index contributed by atoms with van der Waals surface area (Å²) in [6, 6.07) is 3.55. The molecule has 0 atom stereocenters. The second-order valence-corrected chi connectivity index (χ2v) is 7.00. The highest BCUT2D eigenvalue weighted by atomic mass is 33.1. The summed E-state index contributed by atoms with van der Waals surface area (Å²) in [5.41, 5.74) is 7.97. The third kappa shape index (κ3) is 3.79. The van der Waals surface area contributed by atoms with Crippen molar-refractivity contribution >= 4 is 31.3 Å². The molecule has 0 aliphatic heterocycles. The molecule has 0 bridgehead atoms. The summed E-state index contributed by atoms with van der Waals surface area (Å²) in [7, 11) is -0.0763. The minimum Gasteiger partial charge on any atom is -0.398 e. The molecular weight excluding hydrogens is 260 g/mol. The van der Waals surface area contributed by atoms with Crippen LogP contribution in [0, 0.1) is 0 Å². The van der Waals surface area contributed by atoms with Gasteiger partial charge in [0.2, 0.25) is 0 Å². The zero-order valence-electron chi connectivity index (χ0n) is 9.97. The van der Waals surface area contributed by atoms with Crippen molar-refractivity contribution in [1.29, 1.82) is 0 Å². The molecule has 1 aromatic rings. The Labute approximate surface area is 105 Å². The van der Waals surface area contributed by atoms with Crippen molar-refractivity contribution in [3.8, 4) is 0 Å². The lowest BCUT2D eigenvalue weighted by Crippen LogP contribution is -2.10. The molecule has 0 aromatic heterocycles. The van der Waals surface area contributed by atoms with Crippen molar-refractivity contribution in [3.05, 3.63) is 17.7 Å². The van der Waals surface area contributed by atoms with Gasteiger partial charge in [0.25, 0.3) is 0 Å². The van der Waals surface area contributed by atoms with Crippen LogP contribution in [0.4, 0.5) is 11.4 Å². The van der Waals surface area contributed by atoms with E-state index < -0.39 is 9.15 Å². The van der Waals surface area contributed by atoms with Gasteiger partial charge in [-0.2, -0.15) is 8.42 Å². The summed E-state index contributed by atoms with van der Waals surface area (Å²) in [5, 5.41) is 0. The van der Waals surface area contributed by atoms with Crippen LogP contribution >= 0.6 is 10.8 Å². The number of aryl methyl sites for hydroxylation is 1. The summed E-state index contributed by atoms with van der Waals surface area (Å²) in [5.74, 6) is 0. The van der Waals surface area contributed by atoms with Gasteiger partial charge >= 0.3 is 9.15 Å². The van der Waals surface area contributed by atoms with Crippen molar-refractivity contribution in [3.63, 3.8) is 0 Å². The number of benzene rings is 1. The topological polar surface area (TPSA) is 83.6 Å². The molecule has 0 saturated heterocycles. The molecule has 0 heterocycles.